The third kappa shape index (κ3) is 3.38. The van der Waals surface area contributed by atoms with E-state index in [1.807, 2.05) is 20.9 Å². The third-order valence-corrected chi connectivity index (χ3v) is 6.53. The number of fused-ring (bicyclic) bond motifs is 3. The highest BCUT2D eigenvalue weighted by Gasteiger charge is 2.25. The van der Waals surface area contributed by atoms with Crippen LogP contribution in [0.15, 0.2) is 65.1 Å². The van der Waals surface area contributed by atoms with Gasteiger partial charge < -0.3 is 4.42 Å². The van der Waals surface area contributed by atoms with Gasteiger partial charge in [0, 0.05) is 28.0 Å². The molecule has 0 aliphatic heterocycles. The molecule has 0 bridgehead atoms. The van der Waals surface area contributed by atoms with Gasteiger partial charge in [-0.2, -0.15) is 5.26 Å². The van der Waals surface area contributed by atoms with Crippen molar-refractivity contribution in [1.82, 2.24) is 0 Å². The van der Waals surface area contributed by atoms with E-state index in [1.165, 1.54) is 11.1 Å². The predicted octanol–water partition coefficient (Wildman–Crippen LogP) is 7.66. The van der Waals surface area contributed by atoms with Gasteiger partial charge in [0.15, 0.2) is 6.20 Å². The van der Waals surface area contributed by atoms with E-state index < -0.39 is 18.1 Å². The molecular weight excluding hydrogens is 416 g/mol. The van der Waals surface area contributed by atoms with Gasteiger partial charge in [-0.3, -0.25) is 0 Å². The number of hydrogen-bond donors (Lipinski definition) is 0. The molecular formula is C31H29N2O+. The minimum atomic E-state index is -0.465. The highest BCUT2D eigenvalue weighted by molar-refractivity contribution is 6.15. The molecule has 0 spiro atoms. The van der Waals surface area contributed by atoms with Crippen LogP contribution >= 0.6 is 0 Å². The van der Waals surface area contributed by atoms with Crippen molar-refractivity contribution in [2.75, 3.05) is 0 Å². The van der Waals surface area contributed by atoms with Crippen LogP contribution < -0.4 is 4.57 Å². The summed E-state index contributed by atoms with van der Waals surface area (Å²) < 4.78 is 50.3. The van der Waals surface area contributed by atoms with Crippen LogP contribution in [-0.2, 0) is 7.05 Å². The number of pyridine rings is 1. The monoisotopic (exact) mass is 450 g/mol. The zero-order valence-electron chi connectivity index (χ0n) is 25.3. The van der Waals surface area contributed by atoms with Crippen LogP contribution in [0, 0.1) is 32.1 Å². The minimum Gasteiger partial charge on any atom is -0.454 e. The molecule has 34 heavy (non-hydrogen) atoms. The molecule has 0 saturated heterocycles. The van der Waals surface area contributed by atoms with Gasteiger partial charge in [-0.05, 0) is 61.1 Å². The predicted molar refractivity (Wildman–Crippen MR) is 139 cm³/mol. The number of nitriles is 1. The lowest BCUT2D eigenvalue weighted by atomic mass is 9.92. The SMILES string of the molecule is [2H]c1c([2H])c([2H])c(-c2cc(C#N)cc3c2oc2c(-c4cc(C(C)C)c(C)c[n+]4C)c(C)cc(C)c23)c([2H])c1[2H]. The van der Waals surface area contributed by atoms with E-state index in [0.29, 0.717) is 33.6 Å². The smallest absolute Gasteiger partial charge is 0.216 e. The fraction of sp³-hybridized carbons (Fsp3) is 0.226. The average Bonchev–Trinajstić information content (AvgIpc) is 3.26. The number of rotatable bonds is 3. The molecule has 3 aromatic carbocycles. The van der Waals surface area contributed by atoms with Gasteiger partial charge in [-0.15, -0.1) is 0 Å². The molecule has 0 radical (unpaired) electrons. The fourth-order valence-corrected chi connectivity index (χ4v) is 5.04. The Hall–Kier alpha value is -3.90. The van der Waals surface area contributed by atoms with Crippen LogP contribution in [0.3, 0.4) is 0 Å². The molecule has 0 N–H and O–H groups in total. The highest BCUT2D eigenvalue weighted by Crippen LogP contribution is 2.43. The highest BCUT2D eigenvalue weighted by atomic mass is 16.3. The first-order valence-electron chi connectivity index (χ1n) is 13.9. The molecule has 0 aliphatic rings. The topological polar surface area (TPSA) is 40.8 Å². The molecule has 0 unspecified atom stereocenters. The Bertz CT molecular complexity index is 1870. The summed E-state index contributed by atoms with van der Waals surface area (Å²) in [5, 5.41) is 11.4. The van der Waals surface area contributed by atoms with E-state index in [2.05, 4.69) is 49.7 Å². The summed E-state index contributed by atoms with van der Waals surface area (Å²) in [6.07, 6.45) is 2.12. The number of aryl methyl sites for hydroxylation is 4. The summed E-state index contributed by atoms with van der Waals surface area (Å²) in [7, 11) is 2.01. The van der Waals surface area contributed by atoms with Crippen LogP contribution in [0.25, 0.3) is 44.3 Å². The molecule has 3 heteroatoms. The molecule has 0 saturated carbocycles. The van der Waals surface area contributed by atoms with E-state index in [4.69, 9.17) is 11.3 Å². The summed E-state index contributed by atoms with van der Waals surface area (Å²) in [6.45, 7) is 10.5. The van der Waals surface area contributed by atoms with Gasteiger partial charge in [0.05, 0.1) is 24.0 Å². The fourth-order valence-electron chi connectivity index (χ4n) is 5.04. The van der Waals surface area contributed by atoms with Crippen molar-refractivity contribution < 1.29 is 15.8 Å². The molecule has 3 nitrogen and oxygen atoms in total. The Kier molecular flexibility index (Phi) is 4.00. The van der Waals surface area contributed by atoms with Crippen LogP contribution in [0.4, 0.5) is 0 Å². The second-order valence-electron chi connectivity index (χ2n) is 9.27. The third-order valence-electron chi connectivity index (χ3n) is 6.53. The van der Waals surface area contributed by atoms with Crippen LogP contribution in [0.5, 0.6) is 0 Å². The maximum absolute atomic E-state index is 9.88. The summed E-state index contributed by atoms with van der Waals surface area (Å²) in [4.78, 5) is 0. The number of aromatic nitrogens is 1. The lowest BCUT2D eigenvalue weighted by Crippen LogP contribution is -2.32. The van der Waals surface area contributed by atoms with Gasteiger partial charge in [-0.25, -0.2) is 4.57 Å². The number of benzene rings is 3. The largest absolute Gasteiger partial charge is 0.454 e. The zero-order valence-corrected chi connectivity index (χ0v) is 20.3. The van der Waals surface area contributed by atoms with Gasteiger partial charge in [0.1, 0.15) is 18.2 Å². The molecule has 2 aromatic heterocycles. The molecule has 0 amide bonds. The van der Waals surface area contributed by atoms with E-state index in [0.717, 1.165) is 27.8 Å². The Labute approximate surface area is 207 Å². The number of hydrogen-bond acceptors (Lipinski definition) is 2. The first-order chi connectivity index (χ1) is 18.4. The van der Waals surface area contributed by atoms with Crippen molar-refractivity contribution in [3.8, 4) is 28.5 Å². The van der Waals surface area contributed by atoms with Gasteiger partial charge in [0.2, 0.25) is 5.69 Å². The molecule has 0 fully saturated rings. The Morgan fingerprint density at radius 1 is 0.941 bits per heavy atom. The maximum atomic E-state index is 9.88. The van der Waals surface area contributed by atoms with E-state index >= 15 is 0 Å². The van der Waals surface area contributed by atoms with Crippen LogP contribution in [-0.4, -0.2) is 0 Å². The quantitative estimate of drug-likeness (QED) is 0.265. The van der Waals surface area contributed by atoms with E-state index in [9.17, 15) is 5.26 Å². The Morgan fingerprint density at radius 3 is 2.35 bits per heavy atom. The van der Waals surface area contributed by atoms with Crippen LogP contribution in [0.1, 0.15) is 54.4 Å². The molecule has 5 rings (SSSR count). The van der Waals surface area contributed by atoms with E-state index in [-0.39, 0.29) is 17.6 Å². The molecule has 0 atom stereocenters. The van der Waals surface area contributed by atoms with Gasteiger partial charge >= 0.3 is 0 Å². The van der Waals surface area contributed by atoms with Crippen molar-refractivity contribution in [2.24, 2.45) is 7.05 Å². The summed E-state index contributed by atoms with van der Waals surface area (Å²) in [6, 6.07) is 7.77. The molecule has 5 aromatic rings. The second kappa shape index (κ2) is 8.15. The molecule has 168 valence electrons. The first-order valence-corrected chi connectivity index (χ1v) is 11.4. The normalized spacial score (nSPS) is 13.5. The summed E-state index contributed by atoms with van der Waals surface area (Å²) >= 11 is 0. The van der Waals surface area contributed by atoms with E-state index in [1.54, 1.807) is 12.1 Å². The lowest BCUT2D eigenvalue weighted by molar-refractivity contribution is -0.660. The minimum absolute atomic E-state index is 0.0149. The van der Waals surface area contributed by atoms with Gasteiger partial charge in [-0.1, -0.05) is 50.1 Å². The number of furan rings is 1. The molecule has 2 heterocycles. The van der Waals surface area contributed by atoms with Crippen molar-refractivity contribution in [1.29, 1.82) is 5.26 Å². The zero-order chi connectivity index (χ0) is 28.5. The lowest BCUT2D eigenvalue weighted by Gasteiger charge is -2.13. The van der Waals surface area contributed by atoms with Crippen molar-refractivity contribution in [2.45, 2.75) is 40.5 Å². The Balaban J connectivity index is 1.98. The average molecular weight is 451 g/mol. The van der Waals surface area contributed by atoms with Gasteiger partial charge in [0.25, 0.3) is 0 Å². The van der Waals surface area contributed by atoms with Crippen molar-refractivity contribution >= 4 is 21.9 Å². The van der Waals surface area contributed by atoms with Crippen LogP contribution in [0.2, 0.25) is 0 Å². The van der Waals surface area contributed by atoms with Crippen molar-refractivity contribution in [3.63, 3.8) is 0 Å². The summed E-state index contributed by atoms with van der Waals surface area (Å²) in [5.41, 5.74) is 7.98. The second-order valence-corrected chi connectivity index (χ2v) is 9.27. The Morgan fingerprint density at radius 2 is 1.68 bits per heavy atom. The standard InChI is InChI=1S/C31H29N2O/c1-18(2)24-15-27(33(6)17-21(24)5)29-20(4)12-19(3)28-26-14-22(16-32)13-25(30(26)34-31(28)29)23-10-8-7-9-11-23/h7-15,17-18H,1-6H3/q+1/i7D,8D,9D,10D,11D. The maximum Gasteiger partial charge on any atom is 0.216 e. The summed E-state index contributed by atoms with van der Waals surface area (Å²) in [5.74, 6) is 0.329. The first kappa shape index (κ1) is 16.7. The number of nitrogens with zero attached hydrogens (tertiary/aromatic N) is 2. The van der Waals surface area contributed by atoms with Crippen molar-refractivity contribution in [3.05, 3.63) is 88.5 Å². The molecule has 0 aliphatic carbocycles.